The highest BCUT2D eigenvalue weighted by molar-refractivity contribution is 6.18. The first kappa shape index (κ1) is 9.34. The lowest BCUT2D eigenvalue weighted by Gasteiger charge is -2.45. The molecule has 0 aliphatic heterocycles. The molecule has 1 saturated carbocycles. The van der Waals surface area contributed by atoms with E-state index < -0.39 is 0 Å². The first-order valence-corrected chi connectivity index (χ1v) is 5.10. The molecule has 1 aliphatic carbocycles. The van der Waals surface area contributed by atoms with Crippen molar-refractivity contribution >= 4 is 11.6 Å². The highest BCUT2D eigenvalue weighted by Crippen LogP contribution is 2.45. The van der Waals surface area contributed by atoms with Gasteiger partial charge in [0.1, 0.15) is 0 Å². The first-order chi connectivity index (χ1) is 5.25. The van der Waals surface area contributed by atoms with Crippen LogP contribution in [0.25, 0.3) is 0 Å². The molecule has 0 heterocycles. The van der Waals surface area contributed by atoms with Crippen LogP contribution in [0.3, 0.4) is 0 Å². The molecule has 0 radical (unpaired) electrons. The number of halogens is 1. The molecule has 0 spiro atoms. The standard InChI is InChI=1S/C9H18ClN/c1-2-4-8(11)9(7-10)5-3-6-9/h8H,2-7,11H2,1H3. The fourth-order valence-electron chi connectivity index (χ4n) is 1.85. The third-order valence-electron chi connectivity index (χ3n) is 3.00. The summed E-state index contributed by atoms with van der Waals surface area (Å²) in [5.41, 5.74) is 6.37. The fourth-order valence-corrected chi connectivity index (χ4v) is 2.32. The lowest BCUT2D eigenvalue weighted by Crippen LogP contribution is -2.48. The second-order valence-electron chi connectivity index (χ2n) is 3.74. The number of rotatable bonds is 4. The molecule has 0 aromatic rings. The normalized spacial score (nSPS) is 24.3. The van der Waals surface area contributed by atoms with Crippen LogP contribution in [-0.2, 0) is 0 Å². The van der Waals surface area contributed by atoms with Crippen LogP contribution in [0, 0.1) is 5.41 Å². The van der Waals surface area contributed by atoms with Gasteiger partial charge in [0.15, 0.2) is 0 Å². The van der Waals surface area contributed by atoms with Gasteiger partial charge in [-0.05, 0) is 24.7 Å². The molecule has 2 heteroatoms. The molecule has 2 N–H and O–H groups in total. The maximum atomic E-state index is 6.05. The van der Waals surface area contributed by atoms with Crippen LogP contribution in [0.2, 0.25) is 0 Å². The van der Waals surface area contributed by atoms with Crippen molar-refractivity contribution in [3.05, 3.63) is 0 Å². The second kappa shape index (κ2) is 3.77. The van der Waals surface area contributed by atoms with Gasteiger partial charge in [-0.15, -0.1) is 11.6 Å². The highest BCUT2D eigenvalue weighted by atomic mass is 35.5. The van der Waals surface area contributed by atoms with E-state index in [1.54, 1.807) is 0 Å². The van der Waals surface area contributed by atoms with Gasteiger partial charge >= 0.3 is 0 Å². The Labute approximate surface area is 74.3 Å². The van der Waals surface area contributed by atoms with Crippen LogP contribution in [-0.4, -0.2) is 11.9 Å². The van der Waals surface area contributed by atoms with Crippen LogP contribution in [0.15, 0.2) is 0 Å². The average molecular weight is 176 g/mol. The van der Waals surface area contributed by atoms with Gasteiger partial charge in [-0.3, -0.25) is 0 Å². The van der Waals surface area contributed by atoms with E-state index in [2.05, 4.69) is 6.92 Å². The molecule has 11 heavy (non-hydrogen) atoms. The maximum Gasteiger partial charge on any atom is 0.0294 e. The molecule has 1 unspecified atom stereocenters. The van der Waals surface area contributed by atoms with Crippen LogP contribution in [0.5, 0.6) is 0 Å². The molecule has 0 amide bonds. The molecule has 0 aromatic heterocycles. The fraction of sp³-hybridized carbons (Fsp3) is 1.00. The van der Waals surface area contributed by atoms with Crippen molar-refractivity contribution in [2.24, 2.45) is 11.1 Å². The number of nitrogens with two attached hydrogens (primary N) is 1. The predicted octanol–water partition coefficient (Wildman–Crippen LogP) is 2.52. The van der Waals surface area contributed by atoms with Crippen LogP contribution in [0.4, 0.5) is 0 Å². The van der Waals surface area contributed by atoms with Gasteiger partial charge in [-0.25, -0.2) is 0 Å². The highest BCUT2D eigenvalue weighted by Gasteiger charge is 2.40. The summed E-state index contributed by atoms with van der Waals surface area (Å²) < 4.78 is 0. The molecule has 1 fully saturated rings. The molecule has 0 aromatic carbocycles. The van der Waals surface area contributed by atoms with Crippen molar-refractivity contribution < 1.29 is 0 Å². The van der Waals surface area contributed by atoms with Gasteiger partial charge in [0.05, 0.1) is 0 Å². The maximum absolute atomic E-state index is 6.05. The van der Waals surface area contributed by atoms with Crippen molar-refractivity contribution in [3.63, 3.8) is 0 Å². The molecule has 1 nitrogen and oxygen atoms in total. The Bertz CT molecular complexity index is 115. The summed E-state index contributed by atoms with van der Waals surface area (Å²) in [5, 5.41) is 0. The Kier molecular flexibility index (Phi) is 3.20. The summed E-state index contributed by atoms with van der Waals surface area (Å²) in [7, 11) is 0. The molecule has 1 rings (SSSR count). The van der Waals surface area contributed by atoms with Crippen LogP contribution >= 0.6 is 11.6 Å². The molecule has 0 saturated heterocycles. The summed E-state index contributed by atoms with van der Waals surface area (Å²) in [4.78, 5) is 0. The Morgan fingerprint density at radius 2 is 2.18 bits per heavy atom. The Balaban J connectivity index is 2.40. The Morgan fingerprint density at radius 3 is 2.45 bits per heavy atom. The van der Waals surface area contributed by atoms with Gasteiger partial charge in [-0.1, -0.05) is 19.8 Å². The topological polar surface area (TPSA) is 26.0 Å². The molecule has 0 bridgehead atoms. The van der Waals surface area contributed by atoms with Crippen LogP contribution in [0.1, 0.15) is 39.0 Å². The van der Waals surface area contributed by atoms with Gasteiger partial charge in [0.2, 0.25) is 0 Å². The van der Waals surface area contributed by atoms with E-state index >= 15 is 0 Å². The van der Waals surface area contributed by atoms with Crippen molar-refractivity contribution in [1.29, 1.82) is 0 Å². The summed E-state index contributed by atoms with van der Waals surface area (Å²) in [5.74, 6) is 0.758. The van der Waals surface area contributed by atoms with Gasteiger partial charge in [-0.2, -0.15) is 0 Å². The lowest BCUT2D eigenvalue weighted by atomic mass is 9.64. The molecule has 1 aliphatic rings. The average Bonchev–Trinajstić information content (AvgIpc) is 1.87. The summed E-state index contributed by atoms with van der Waals surface area (Å²) >= 11 is 5.91. The summed E-state index contributed by atoms with van der Waals surface area (Å²) in [6, 6.07) is 0.346. The molecular formula is C9H18ClN. The lowest BCUT2D eigenvalue weighted by molar-refractivity contribution is 0.118. The summed E-state index contributed by atoms with van der Waals surface area (Å²) in [6.45, 7) is 2.18. The van der Waals surface area contributed by atoms with E-state index in [1.807, 2.05) is 0 Å². The van der Waals surface area contributed by atoms with E-state index in [0.29, 0.717) is 11.5 Å². The SMILES string of the molecule is CCCC(N)C1(CCl)CCC1. The quantitative estimate of drug-likeness (QED) is 0.653. The van der Waals surface area contributed by atoms with E-state index in [0.717, 1.165) is 12.3 Å². The van der Waals surface area contributed by atoms with Gasteiger partial charge in [0, 0.05) is 11.9 Å². The summed E-state index contributed by atoms with van der Waals surface area (Å²) in [6.07, 6.45) is 6.13. The van der Waals surface area contributed by atoms with E-state index in [-0.39, 0.29) is 0 Å². The van der Waals surface area contributed by atoms with Gasteiger partial charge in [0.25, 0.3) is 0 Å². The van der Waals surface area contributed by atoms with E-state index in [9.17, 15) is 0 Å². The first-order valence-electron chi connectivity index (χ1n) is 4.57. The largest absolute Gasteiger partial charge is 0.327 e. The van der Waals surface area contributed by atoms with Crippen molar-refractivity contribution in [3.8, 4) is 0 Å². The minimum Gasteiger partial charge on any atom is -0.327 e. The number of hydrogen-bond donors (Lipinski definition) is 1. The number of alkyl halides is 1. The molecular weight excluding hydrogens is 158 g/mol. The predicted molar refractivity (Wildman–Crippen MR) is 49.9 cm³/mol. The molecule has 1 atom stereocenters. The zero-order valence-corrected chi connectivity index (χ0v) is 8.03. The third kappa shape index (κ3) is 1.70. The van der Waals surface area contributed by atoms with Crippen molar-refractivity contribution in [2.45, 2.75) is 45.1 Å². The zero-order valence-electron chi connectivity index (χ0n) is 7.28. The third-order valence-corrected chi connectivity index (χ3v) is 3.53. The molecule has 66 valence electrons. The van der Waals surface area contributed by atoms with E-state index in [1.165, 1.54) is 25.7 Å². The van der Waals surface area contributed by atoms with Crippen molar-refractivity contribution in [2.75, 3.05) is 5.88 Å². The number of hydrogen-bond acceptors (Lipinski definition) is 1. The smallest absolute Gasteiger partial charge is 0.0294 e. The van der Waals surface area contributed by atoms with E-state index in [4.69, 9.17) is 17.3 Å². The minimum atomic E-state index is 0.317. The van der Waals surface area contributed by atoms with Crippen molar-refractivity contribution in [1.82, 2.24) is 0 Å². The zero-order chi connectivity index (χ0) is 8.32. The second-order valence-corrected chi connectivity index (χ2v) is 4.01. The minimum absolute atomic E-state index is 0.317. The van der Waals surface area contributed by atoms with Gasteiger partial charge < -0.3 is 5.73 Å². The monoisotopic (exact) mass is 175 g/mol. The van der Waals surface area contributed by atoms with Crippen LogP contribution < -0.4 is 5.73 Å². The Hall–Kier alpha value is 0.250. The Morgan fingerprint density at radius 1 is 1.55 bits per heavy atom.